The largest absolute Gasteiger partial charge is 0.487 e. The normalized spacial score (nSPS) is 20.5. The van der Waals surface area contributed by atoms with Crippen molar-refractivity contribution in [2.75, 3.05) is 30.9 Å². The van der Waals surface area contributed by atoms with Crippen LogP contribution in [0.25, 0.3) is 0 Å². The summed E-state index contributed by atoms with van der Waals surface area (Å²) in [5, 5.41) is 4.25. The van der Waals surface area contributed by atoms with Crippen molar-refractivity contribution in [3.05, 3.63) is 0 Å². The first kappa shape index (κ1) is 10.5. The average Bonchev–Trinajstić information content (AvgIpc) is 2.83. The van der Waals surface area contributed by atoms with Gasteiger partial charge < -0.3 is 20.5 Å². The van der Waals surface area contributed by atoms with E-state index in [4.69, 9.17) is 15.2 Å². The second-order valence-corrected chi connectivity index (χ2v) is 4.14. The van der Waals surface area contributed by atoms with E-state index in [1.54, 1.807) is 0 Å². The van der Waals surface area contributed by atoms with Crippen LogP contribution >= 0.6 is 11.5 Å². The predicted octanol–water partition coefficient (Wildman–Crippen LogP) is 1.32. The minimum atomic E-state index is 0.351. The van der Waals surface area contributed by atoms with E-state index in [-0.39, 0.29) is 0 Å². The lowest BCUT2D eigenvalue weighted by Gasteiger charge is -2.11. The number of nitrogens with two attached hydrogens (primary N) is 1. The minimum Gasteiger partial charge on any atom is -0.487 e. The molecule has 2 heterocycles. The molecule has 84 valence electrons. The third-order valence-electron chi connectivity index (χ3n) is 2.23. The third-order valence-corrected chi connectivity index (χ3v) is 3.00. The molecule has 2 rings (SSSR count). The summed E-state index contributed by atoms with van der Waals surface area (Å²) in [6.07, 6.45) is 1.02. The van der Waals surface area contributed by atoms with Crippen molar-refractivity contribution in [3.8, 4) is 5.75 Å². The van der Waals surface area contributed by atoms with Crippen LogP contribution in [-0.4, -0.2) is 30.2 Å². The van der Waals surface area contributed by atoms with Crippen molar-refractivity contribution in [3.63, 3.8) is 0 Å². The maximum absolute atomic E-state index is 5.70. The van der Waals surface area contributed by atoms with Crippen LogP contribution in [-0.2, 0) is 4.74 Å². The number of ether oxygens (including phenoxy) is 2. The summed E-state index contributed by atoms with van der Waals surface area (Å²) in [5.41, 5.74) is 5.70. The minimum absolute atomic E-state index is 0.351. The fraction of sp³-hybridized carbons (Fsp3) is 0.667. The summed E-state index contributed by atoms with van der Waals surface area (Å²) in [4.78, 5) is 0. The highest BCUT2D eigenvalue weighted by atomic mass is 32.1. The number of rotatable bonds is 4. The SMILES string of the molecule is CCOc1c(N)nsc1NC1CCOC1. The van der Waals surface area contributed by atoms with E-state index in [0.717, 1.165) is 24.6 Å². The molecular formula is C9H15N3O2S. The van der Waals surface area contributed by atoms with E-state index in [2.05, 4.69) is 9.69 Å². The zero-order valence-electron chi connectivity index (χ0n) is 8.66. The Morgan fingerprint density at radius 1 is 1.73 bits per heavy atom. The number of hydrogen-bond acceptors (Lipinski definition) is 6. The molecule has 0 spiro atoms. The fourth-order valence-corrected chi connectivity index (χ4v) is 2.24. The van der Waals surface area contributed by atoms with Gasteiger partial charge in [-0.25, -0.2) is 0 Å². The predicted molar refractivity (Wildman–Crippen MR) is 60.5 cm³/mol. The first-order chi connectivity index (χ1) is 7.31. The van der Waals surface area contributed by atoms with Gasteiger partial charge in [0.15, 0.2) is 16.6 Å². The lowest BCUT2D eigenvalue weighted by molar-refractivity contribution is 0.195. The van der Waals surface area contributed by atoms with Crippen LogP contribution in [0.2, 0.25) is 0 Å². The van der Waals surface area contributed by atoms with Gasteiger partial charge in [-0.3, -0.25) is 0 Å². The summed E-state index contributed by atoms with van der Waals surface area (Å²) in [6, 6.07) is 0.351. The van der Waals surface area contributed by atoms with Gasteiger partial charge >= 0.3 is 0 Å². The molecule has 0 aliphatic carbocycles. The Morgan fingerprint density at radius 3 is 3.27 bits per heavy atom. The lowest BCUT2D eigenvalue weighted by Crippen LogP contribution is -2.18. The van der Waals surface area contributed by atoms with Gasteiger partial charge in [0.25, 0.3) is 0 Å². The van der Waals surface area contributed by atoms with Crippen LogP contribution in [0.4, 0.5) is 10.8 Å². The van der Waals surface area contributed by atoms with Crippen molar-refractivity contribution in [1.29, 1.82) is 0 Å². The van der Waals surface area contributed by atoms with Gasteiger partial charge in [-0.2, -0.15) is 4.37 Å². The molecule has 1 saturated heterocycles. The topological polar surface area (TPSA) is 69.4 Å². The number of nitrogen functional groups attached to an aromatic ring is 1. The van der Waals surface area contributed by atoms with E-state index in [1.165, 1.54) is 11.5 Å². The molecule has 1 atom stereocenters. The monoisotopic (exact) mass is 229 g/mol. The lowest BCUT2D eigenvalue weighted by atomic mass is 10.3. The van der Waals surface area contributed by atoms with E-state index in [0.29, 0.717) is 24.2 Å². The molecule has 0 aromatic carbocycles. The number of anilines is 2. The molecule has 1 aliphatic heterocycles. The summed E-state index contributed by atoms with van der Waals surface area (Å²) < 4.78 is 14.8. The molecule has 0 radical (unpaired) electrons. The van der Waals surface area contributed by atoms with Crippen LogP contribution in [0.3, 0.4) is 0 Å². The van der Waals surface area contributed by atoms with Crippen molar-refractivity contribution in [2.45, 2.75) is 19.4 Å². The van der Waals surface area contributed by atoms with Gasteiger partial charge in [0.05, 0.1) is 19.3 Å². The van der Waals surface area contributed by atoms with Crippen LogP contribution < -0.4 is 15.8 Å². The van der Waals surface area contributed by atoms with Gasteiger partial charge in [0.1, 0.15) is 0 Å². The smallest absolute Gasteiger partial charge is 0.197 e. The molecule has 1 aromatic rings. The molecule has 1 unspecified atom stereocenters. The molecule has 0 bridgehead atoms. The highest BCUT2D eigenvalue weighted by molar-refractivity contribution is 7.11. The summed E-state index contributed by atoms with van der Waals surface area (Å²) in [5.74, 6) is 1.14. The second-order valence-electron chi connectivity index (χ2n) is 3.36. The zero-order valence-corrected chi connectivity index (χ0v) is 9.47. The van der Waals surface area contributed by atoms with Crippen LogP contribution in [0.5, 0.6) is 5.75 Å². The molecule has 0 amide bonds. The highest BCUT2D eigenvalue weighted by Gasteiger charge is 2.20. The van der Waals surface area contributed by atoms with E-state index in [9.17, 15) is 0 Å². The Hall–Kier alpha value is -1.01. The van der Waals surface area contributed by atoms with E-state index >= 15 is 0 Å². The maximum Gasteiger partial charge on any atom is 0.197 e. The summed E-state index contributed by atoms with van der Waals surface area (Å²) in [7, 11) is 0. The molecule has 1 aromatic heterocycles. The summed E-state index contributed by atoms with van der Waals surface area (Å²) in [6.45, 7) is 4.08. The molecule has 3 N–H and O–H groups in total. The van der Waals surface area contributed by atoms with Gasteiger partial charge in [-0.05, 0) is 24.9 Å². The first-order valence-corrected chi connectivity index (χ1v) is 5.80. The molecule has 5 nitrogen and oxygen atoms in total. The van der Waals surface area contributed by atoms with Gasteiger partial charge in [-0.15, -0.1) is 0 Å². The Balaban J connectivity index is 2.05. The van der Waals surface area contributed by atoms with Crippen molar-refractivity contribution < 1.29 is 9.47 Å². The van der Waals surface area contributed by atoms with E-state index in [1.807, 2.05) is 6.92 Å². The van der Waals surface area contributed by atoms with Crippen LogP contribution in [0, 0.1) is 0 Å². The molecule has 0 saturated carbocycles. The van der Waals surface area contributed by atoms with Crippen molar-refractivity contribution in [2.24, 2.45) is 0 Å². The number of nitrogens with one attached hydrogen (secondary N) is 1. The Kier molecular flexibility index (Phi) is 3.27. The quantitative estimate of drug-likeness (QED) is 0.815. The molecule has 15 heavy (non-hydrogen) atoms. The second kappa shape index (κ2) is 4.67. The fourth-order valence-electron chi connectivity index (χ4n) is 1.50. The van der Waals surface area contributed by atoms with Crippen molar-refractivity contribution >= 4 is 22.4 Å². The van der Waals surface area contributed by atoms with Gasteiger partial charge in [0, 0.05) is 6.61 Å². The van der Waals surface area contributed by atoms with Crippen LogP contribution in [0.1, 0.15) is 13.3 Å². The standard InChI is InChI=1S/C9H15N3O2S/c1-2-14-7-8(10)12-15-9(7)11-6-3-4-13-5-6/h6,11H,2-5H2,1H3,(H2,10,12). The summed E-state index contributed by atoms with van der Waals surface area (Å²) >= 11 is 1.34. The maximum atomic E-state index is 5.70. The van der Waals surface area contributed by atoms with Gasteiger partial charge in [-0.1, -0.05) is 0 Å². The Bertz CT molecular complexity index is 323. The highest BCUT2D eigenvalue weighted by Crippen LogP contribution is 2.36. The first-order valence-electron chi connectivity index (χ1n) is 5.03. The molecular weight excluding hydrogens is 214 g/mol. The molecule has 6 heteroatoms. The van der Waals surface area contributed by atoms with E-state index < -0.39 is 0 Å². The number of nitrogens with zero attached hydrogens (tertiary/aromatic N) is 1. The Labute approximate surface area is 92.7 Å². The van der Waals surface area contributed by atoms with Crippen LogP contribution in [0.15, 0.2) is 0 Å². The Morgan fingerprint density at radius 2 is 2.60 bits per heavy atom. The van der Waals surface area contributed by atoms with Gasteiger partial charge in [0.2, 0.25) is 0 Å². The number of hydrogen-bond donors (Lipinski definition) is 2. The number of aromatic nitrogens is 1. The third kappa shape index (κ3) is 2.32. The average molecular weight is 229 g/mol. The molecule has 1 fully saturated rings. The molecule has 1 aliphatic rings. The van der Waals surface area contributed by atoms with Crippen molar-refractivity contribution in [1.82, 2.24) is 4.37 Å². The zero-order chi connectivity index (χ0) is 10.7.